The van der Waals surface area contributed by atoms with E-state index in [0.717, 1.165) is 0 Å². The molecule has 0 radical (unpaired) electrons. The zero-order valence-electron chi connectivity index (χ0n) is 10.0. The number of aromatic carboxylic acids is 1. The van der Waals surface area contributed by atoms with Crippen molar-refractivity contribution in [2.75, 3.05) is 18.0 Å². The highest BCUT2D eigenvalue weighted by Gasteiger charge is 2.36. The van der Waals surface area contributed by atoms with Gasteiger partial charge in [-0.3, -0.25) is 0 Å². The molecular weight excluding hydrogens is 261 g/mol. The van der Waals surface area contributed by atoms with Gasteiger partial charge in [0.2, 0.25) is 0 Å². The van der Waals surface area contributed by atoms with Crippen molar-refractivity contribution in [3.05, 3.63) is 23.9 Å². The SMILES string of the molecule is O=C(O)c1cccnc1N1CCC(CC(F)(F)F)C1. The Labute approximate surface area is 107 Å². The number of hydrogen-bond acceptors (Lipinski definition) is 3. The summed E-state index contributed by atoms with van der Waals surface area (Å²) < 4.78 is 36.9. The van der Waals surface area contributed by atoms with Gasteiger partial charge in [0.05, 0.1) is 0 Å². The van der Waals surface area contributed by atoms with Gasteiger partial charge < -0.3 is 10.0 Å². The third kappa shape index (κ3) is 3.36. The molecule has 0 aromatic carbocycles. The summed E-state index contributed by atoms with van der Waals surface area (Å²) >= 11 is 0. The molecule has 0 bridgehead atoms. The average Bonchev–Trinajstić information content (AvgIpc) is 2.75. The second-order valence-corrected chi connectivity index (χ2v) is 4.60. The molecule has 1 aliphatic heterocycles. The van der Waals surface area contributed by atoms with E-state index < -0.39 is 24.5 Å². The number of aromatic nitrogens is 1. The van der Waals surface area contributed by atoms with Crippen molar-refractivity contribution in [2.45, 2.75) is 19.0 Å². The zero-order valence-corrected chi connectivity index (χ0v) is 10.0. The first-order valence-electron chi connectivity index (χ1n) is 5.87. The molecular formula is C12H13F3N2O2. The lowest BCUT2D eigenvalue weighted by Crippen LogP contribution is -2.24. The Bertz CT molecular complexity index is 476. The average molecular weight is 274 g/mol. The Morgan fingerprint density at radius 2 is 2.26 bits per heavy atom. The van der Waals surface area contributed by atoms with E-state index >= 15 is 0 Å². The molecule has 2 heterocycles. The van der Waals surface area contributed by atoms with Gasteiger partial charge in [0.25, 0.3) is 0 Å². The van der Waals surface area contributed by atoms with Crippen molar-refractivity contribution in [2.24, 2.45) is 5.92 Å². The largest absolute Gasteiger partial charge is 0.478 e. The van der Waals surface area contributed by atoms with Crippen molar-refractivity contribution in [1.29, 1.82) is 0 Å². The quantitative estimate of drug-likeness (QED) is 0.920. The van der Waals surface area contributed by atoms with Crippen LogP contribution >= 0.6 is 0 Å². The first kappa shape index (κ1) is 13.6. The van der Waals surface area contributed by atoms with E-state index in [2.05, 4.69) is 4.98 Å². The molecule has 104 valence electrons. The standard InChI is InChI=1S/C12H13F3N2O2/c13-12(14,15)6-8-3-5-17(7-8)10-9(11(18)19)2-1-4-16-10/h1-2,4,8H,3,5-7H2,(H,18,19). The van der Waals surface area contributed by atoms with Gasteiger partial charge in [-0.2, -0.15) is 13.2 Å². The van der Waals surface area contributed by atoms with Crippen molar-refractivity contribution in [3.63, 3.8) is 0 Å². The lowest BCUT2D eigenvalue weighted by molar-refractivity contribution is -0.142. The third-order valence-corrected chi connectivity index (χ3v) is 3.12. The molecule has 19 heavy (non-hydrogen) atoms. The Balaban J connectivity index is 2.11. The summed E-state index contributed by atoms with van der Waals surface area (Å²) in [7, 11) is 0. The van der Waals surface area contributed by atoms with Crippen LogP contribution in [0.1, 0.15) is 23.2 Å². The maximum Gasteiger partial charge on any atom is 0.389 e. The number of carboxylic acids is 1. The highest BCUT2D eigenvalue weighted by atomic mass is 19.4. The molecule has 1 N–H and O–H groups in total. The highest BCUT2D eigenvalue weighted by molar-refractivity contribution is 5.93. The monoisotopic (exact) mass is 274 g/mol. The van der Waals surface area contributed by atoms with Crippen LogP contribution in [0.25, 0.3) is 0 Å². The zero-order chi connectivity index (χ0) is 14.0. The van der Waals surface area contributed by atoms with E-state index in [-0.39, 0.29) is 17.9 Å². The molecule has 1 fully saturated rings. The van der Waals surface area contributed by atoms with E-state index in [1.54, 1.807) is 4.90 Å². The summed E-state index contributed by atoms with van der Waals surface area (Å²) in [6, 6.07) is 2.90. The number of alkyl halides is 3. The number of halogens is 3. The maximum atomic E-state index is 12.3. The number of rotatable bonds is 3. The number of carboxylic acid groups (broad SMARTS) is 1. The number of anilines is 1. The van der Waals surface area contributed by atoms with Crippen LogP contribution in [0.5, 0.6) is 0 Å². The van der Waals surface area contributed by atoms with Crippen molar-refractivity contribution in [3.8, 4) is 0 Å². The summed E-state index contributed by atoms with van der Waals surface area (Å²) in [5.74, 6) is -1.37. The Morgan fingerprint density at radius 3 is 2.89 bits per heavy atom. The van der Waals surface area contributed by atoms with Crippen LogP contribution in [0.2, 0.25) is 0 Å². The number of pyridine rings is 1. The third-order valence-electron chi connectivity index (χ3n) is 3.12. The van der Waals surface area contributed by atoms with Crippen LogP contribution in [0.4, 0.5) is 19.0 Å². The van der Waals surface area contributed by atoms with E-state index in [1.807, 2.05) is 0 Å². The Hall–Kier alpha value is -1.79. The molecule has 1 atom stereocenters. The number of hydrogen-bond donors (Lipinski definition) is 1. The van der Waals surface area contributed by atoms with Crippen LogP contribution in [0.3, 0.4) is 0 Å². The minimum atomic E-state index is -4.18. The maximum absolute atomic E-state index is 12.3. The molecule has 1 unspecified atom stereocenters. The molecule has 4 nitrogen and oxygen atoms in total. The molecule has 0 saturated carbocycles. The van der Waals surface area contributed by atoms with Crippen LogP contribution in [0.15, 0.2) is 18.3 Å². The van der Waals surface area contributed by atoms with Gasteiger partial charge in [-0.1, -0.05) is 0 Å². The summed E-state index contributed by atoms with van der Waals surface area (Å²) in [6.45, 7) is 0.592. The van der Waals surface area contributed by atoms with E-state index in [0.29, 0.717) is 13.0 Å². The van der Waals surface area contributed by atoms with E-state index in [1.165, 1.54) is 18.3 Å². The summed E-state index contributed by atoms with van der Waals surface area (Å²) in [5, 5.41) is 9.03. The van der Waals surface area contributed by atoms with Gasteiger partial charge in [-0.05, 0) is 24.5 Å². The lowest BCUT2D eigenvalue weighted by atomic mass is 10.1. The van der Waals surface area contributed by atoms with Gasteiger partial charge in [0.1, 0.15) is 11.4 Å². The molecule has 1 aromatic heterocycles. The van der Waals surface area contributed by atoms with Crippen molar-refractivity contribution >= 4 is 11.8 Å². The predicted octanol–water partition coefficient (Wildman–Crippen LogP) is 2.56. The number of carbonyl (C=O) groups is 1. The van der Waals surface area contributed by atoms with Crippen LogP contribution in [0, 0.1) is 5.92 Å². The molecule has 0 spiro atoms. The van der Waals surface area contributed by atoms with E-state index in [4.69, 9.17) is 5.11 Å². The minimum absolute atomic E-state index is 0.0233. The Kier molecular flexibility index (Phi) is 3.64. The highest BCUT2D eigenvalue weighted by Crippen LogP contribution is 2.32. The topological polar surface area (TPSA) is 53.4 Å². The number of nitrogens with zero attached hydrogens (tertiary/aromatic N) is 2. The van der Waals surface area contributed by atoms with Gasteiger partial charge >= 0.3 is 12.1 Å². The minimum Gasteiger partial charge on any atom is -0.478 e. The first-order valence-corrected chi connectivity index (χ1v) is 5.87. The lowest BCUT2D eigenvalue weighted by Gasteiger charge is -2.19. The Morgan fingerprint density at radius 1 is 1.53 bits per heavy atom. The molecule has 0 aliphatic carbocycles. The van der Waals surface area contributed by atoms with E-state index in [9.17, 15) is 18.0 Å². The molecule has 1 saturated heterocycles. The van der Waals surface area contributed by atoms with Gasteiger partial charge in [-0.15, -0.1) is 0 Å². The molecule has 7 heteroatoms. The summed E-state index contributed by atoms with van der Waals surface area (Å²) in [4.78, 5) is 16.6. The van der Waals surface area contributed by atoms with Crippen LogP contribution < -0.4 is 4.90 Å². The molecule has 1 aromatic rings. The molecule has 0 amide bonds. The van der Waals surface area contributed by atoms with Crippen molar-refractivity contribution < 1.29 is 23.1 Å². The summed E-state index contributed by atoms with van der Waals surface area (Å²) in [6.07, 6.45) is -3.17. The van der Waals surface area contributed by atoms with Crippen molar-refractivity contribution in [1.82, 2.24) is 4.98 Å². The van der Waals surface area contributed by atoms with Crippen LogP contribution in [-0.4, -0.2) is 35.3 Å². The fraction of sp³-hybridized carbons (Fsp3) is 0.500. The van der Waals surface area contributed by atoms with Gasteiger partial charge in [0.15, 0.2) is 0 Å². The first-order chi connectivity index (χ1) is 8.87. The van der Waals surface area contributed by atoms with Gasteiger partial charge in [0, 0.05) is 25.7 Å². The normalized spacial score (nSPS) is 19.7. The van der Waals surface area contributed by atoms with Gasteiger partial charge in [-0.25, -0.2) is 9.78 Å². The smallest absolute Gasteiger partial charge is 0.389 e. The predicted molar refractivity (Wildman–Crippen MR) is 62.2 cm³/mol. The fourth-order valence-electron chi connectivity index (χ4n) is 2.33. The second kappa shape index (κ2) is 5.07. The molecule has 2 rings (SSSR count). The summed E-state index contributed by atoms with van der Waals surface area (Å²) in [5.41, 5.74) is 0.0233. The fourth-order valence-corrected chi connectivity index (χ4v) is 2.33. The van der Waals surface area contributed by atoms with Crippen LogP contribution in [-0.2, 0) is 0 Å². The molecule has 1 aliphatic rings. The second-order valence-electron chi connectivity index (χ2n) is 4.60.